The third-order valence-corrected chi connectivity index (χ3v) is 10.2. The van der Waals surface area contributed by atoms with Crippen LogP contribution in [0.15, 0.2) is 102 Å². The number of amides is 1. The van der Waals surface area contributed by atoms with Crippen LogP contribution in [0.2, 0.25) is 0 Å². The van der Waals surface area contributed by atoms with E-state index in [1.807, 2.05) is 48.5 Å². The molecule has 0 radical (unpaired) electrons. The van der Waals surface area contributed by atoms with E-state index in [1.165, 1.54) is 12.1 Å². The summed E-state index contributed by atoms with van der Waals surface area (Å²) in [5.41, 5.74) is 5.60. The molecular formula is C42H46N4O6. The number of piperidine rings is 3. The molecule has 270 valence electrons. The van der Waals surface area contributed by atoms with Crippen LogP contribution >= 0.6 is 0 Å². The van der Waals surface area contributed by atoms with Crippen LogP contribution in [0.5, 0.6) is 11.5 Å². The zero-order valence-corrected chi connectivity index (χ0v) is 29.2. The van der Waals surface area contributed by atoms with Crippen LogP contribution in [0, 0.1) is 5.92 Å². The first-order chi connectivity index (χ1) is 25.4. The fraction of sp³-hybridized carbons (Fsp3) is 0.333. The summed E-state index contributed by atoms with van der Waals surface area (Å²) in [7, 11) is 0. The van der Waals surface area contributed by atoms with Gasteiger partial charge in [0.15, 0.2) is 0 Å². The van der Waals surface area contributed by atoms with Gasteiger partial charge in [-0.15, -0.1) is 0 Å². The van der Waals surface area contributed by atoms with Crippen LogP contribution in [0.1, 0.15) is 42.1 Å². The zero-order valence-electron chi connectivity index (χ0n) is 29.2. The predicted molar refractivity (Wildman–Crippen MR) is 203 cm³/mol. The second-order valence-corrected chi connectivity index (χ2v) is 13.8. The molecule has 3 fully saturated rings. The van der Waals surface area contributed by atoms with Gasteiger partial charge in [-0.3, -0.25) is 15.0 Å². The molecule has 0 aliphatic carbocycles. The summed E-state index contributed by atoms with van der Waals surface area (Å²) in [6.07, 6.45) is 3.25. The molecule has 1 amide bonds. The molecule has 0 saturated carbocycles. The van der Waals surface area contributed by atoms with Crippen molar-refractivity contribution < 1.29 is 24.5 Å². The van der Waals surface area contributed by atoms with Gasteiger partial charge in [-0.1, -0.05) is 60.7 Å². The maximum absolute atomic E-state index is 13.1. The first-order valence-electron chi connectivity index (χ1n) is 18.2. The average Bonchev–Trinajstić information content (AvgIpc) is 3.16. The van der Waals surface area contributed by atoms with E-state index in [-0.39, 0.29) is 17.4 Å². The first-order valence-corrected chi connectivity index (χ1v) is 18.2. The Morgan fingerprint density at radius 2 is 1.75 bits per heavy atom. The number of rotatable bonds is 14. The number of ether oxygens (including phenoxy) is 2. The van der Waals surface area contributed by atoms with Gasteiger partial charge < -0.3 is 30.0 Å². The minimum atomic E-state index is -0.811. The maximum Gasteiger partial charge on any atom is 0.411 e. The Bertz CT molecular complexity index is 2040. The normalized spacial score (nSPS) is 18.6. The second kappa shape index (κ2) is 16.5. The summed E-state index contributed by atoms with van der Waals surface area (Å²) in [6.45, 7) is 4.53. The van der Waals surface area contributed by atoms with Crippen molar-refractivity contribution in [1.82, 2.24) is 15.2 Å². The average molecular weight is 703 g/mol. The van der Waals surface area contributed by atoms with Gasteiger partial charge in [-0.25, -0.2) is 4.79 Å². The summed E-state index contributed by atoms with van der Waals surface area (Å²) < 4.78 is 12.1. The lowest BCUT2D eigenvalue weighted by molar-refractivity contribution is -0.0289. The SMILES string of the molecule is O=C(Nc1cc(CCCOc2cccc(CCNCC(O)c3ccc(O)c4[nH]c(=O)ccc34)c2)ccc1-c1ccccc1)O[C@H]1CN2CCC1CC2. The maximum atomic E-state index is 13.1. The molecule has 5 N–H and O–H groups in total. The van der Waals surface area contributed by atoms with Crippen molar-refractivity contribution >= 4 is 22.7 Å². The standard InChI is InChI=1S/C42H46N4O6/c47-37-15-13-34(35-14-16-40(49)45-41(35)37)38(48)26-43-20-17-29-6-4-10-32(24-29)51-23-5-7-28-11-12-33(30-8-2-1-3-9-30)36(25-28)44-42(50)52-39-27-46-21-18-31(39)19-22-46/h1-4,6,8-16,24-25,31,38-39,43,47-48H,5,7,17-23,26-27H2,(H,44,50)(H,45,49)/t38?,39-/m0/s1. The van der Waals surface area contributed by atoms with Gasteiger partial charge in [0.05, 0.1) is 23.9 Å². The number of carbonyl (C=O) groups is 1. The summed E-state index contributed by atoms with van der Waals surface area (Å²) in [4.78, 5) is 29.9. The van der Waals surface area contributed by atoms with E-state index in [2.05, 4.69) is 44.8 Å². The number of aromatic hydroxyl groups is 1. The Kier molecular flexibility index (Phi) is 11.2. The van der Waals surface area contributed by atoms with E-state index in [1.54, 1.807) is 12.1 Å². The molecule has 52 heavy (non-hydrogen) atoms. The number of hydrogen-bond donors (Lipinski definition) is 5. The number of aryl methyl sites for hydroxylation is 1. The van der Waals surface area contributed by atoms with Gasteiger partial charge in [0.1, 0.15) is 17.6 Å². The number of nitrogens with one attached hydrogen (secondary N) is 3. The van der Waals surface area contributed by atoms with Crippen LogP contribution in [0.3, 0.4) is 0 Å². The minimum Gasteiger partial charge on any atom is -0.506 e. The Balaban J connectivity index is 0.893. The van der Waals surface area contributed by atoms with E-state index in [0.29, 0.717) is 42.1 Å². The van der Waals surface area contributed by atoms with Crippen LogP contribution in [0.4, 0.5) is 10.5 Å². The highest BCUT2D eigenvalue weighted by molar-refractivity contribution is 5.92. The molecule has 1 aromatic heterocycles. The van der Waals surface area contributed by atoms with E-state index in [9.17, 15) is 19.8 Å². The van der Waals surface area contributed by atoms with Crippen LogP contribution in [0.25, 0.3) is 22.0 Å². The van der Waals surface area contributed by atoms with Crippen LogP contribution in [-0.4, -0.2) is 71.6 Å². The van der Waals surface area contributed by atoms with Crippen molar-refractivity contribution in [3.8, 4) is 22.6 Å². The lowest BCUT2D eigenvalue weighted by Gasteiger charge is -2.43. The summed E-state index contributed by atoms with van der Waals surface area (Å²) in [5.74, 6) is 1.22. The number of carbonyl (C=O) groups excluding carboxylic acids is 1. The van der Waals surface area contributed by atoms with Crippen molar-refractivity contribution in [2.75, 3.05) is 44.6 Å². The highest BCUT2D eigenvalue weighted by atomic mass is 16.6. The molecule has 10 nitrogen and oxygen atoms in total. The molecule has 3 aliphatic heterocycles. The molecule has 3 saturated heterocycles. The number of aliphatic hydroxyl groups excluding tert-OH is 1. The van der Waals surface area contributed by atoms with E-state index in [0.717, 1.165) is 85.4 Å². The van der Waals surface area contributed by atoms with Crippen molar-refractivity contribution in [3.63, 3.8) is 0 Å². The number of hydrogen-bond acceptors (Lipinski definition) is 8. The molecular weight excluding hydrogens is 656 g/mol. The number of phenols is 1. The Morgan fingerprint density at radius 3 is 2.56 bits per heavy atom. The number of fused-ring (bicyclic) bond motifs is 4. The molecule has 2 atom stereocenters. The van der Waals surface area contributed by atoms with Crippen molar-refractivity contribution in [2.45, 2.75) is 44.3 Å². The highest BCUT2D eigenvalue weighted by Gasteiger charge is 2.36. The lowest BCUT2D eigenvalue weighted by atomic mass is 9.86. The molecule has 3 aliphatic rings. The number of phenolic OH excluding ortho intramolecular Hbond substituents is 1. The number of pyridine rings is 1. The lowest BCUT2D eigenvalue weighted by Crippen LogP contribution is -2.52. The minimum absolute atomic E-state index is 0.0314. The fourth-order valence-electron chi connectivity index (χ4n) is 7.43. The molecule has 1 unspecified atom stereocenters. The van der Waals surface area contributed by atoms with Gasteiger partial charge >= 0.3 is 6.09 Å². The second-order valence-electron chi connectivity index (χ2n) is 13.8. The van der Waals surface area contributed by atoms with E-state index >= 15 is 0 Å². The van der Waals surface area contributed by atoms with Gasteiger partial charge in [0, 0.05) is 30.1 Å². The summed E-state index contributed by atoms with van der Waals surface area (Å²) in [5, 5.41) is 28.0. The summed E-state index contributed by atoms with van der Waals surface area (Å²) in [6, 6.07) is 30.5. The number of benzene rings is 4. The number of anilines is 1. The Morgan fingerprint density at radius 1 is 0.923 bits per heavy atom. The number of aromatic amines is 1. The monoisotopic (exact) mass is 702 g/mol. The van der Waals surface area contributed by atoms with Crippen molar-refractivity contribution in [1.29, 1.82) is 0 Å². The number of aromatic nitrogens is 1. The first kappa shape index (κ1) is 35.3. The molecule has 4 aromatic carbocycles. The van der Waals surface area contributed by atoms with Gasteiger partial charge in [0.2, 0.25) is 5.56 Å². The van der Waals surface area contributed by atoms with E-state index in [4.69, 9.17) is 9.47 Å². The largest absolute Gasteiger partial charge is 0.506 e. The van der Waals surface area contributed by atoms with Crippen molar-refractivity contribution in [2.24, 2.45) is 5.92 Å². The molecule has 10 heteroatoms. The predicted octanol–water partition coefficient (Wildman–Crippen LogP) is 6.42. The van der Waals surface area contributed by atoms with E-state index < -0.39 is 12.2 Å². The molecule has 2 bridgehead atoms. The molecule has 4 heterocycles. The third-order valence-electron chi connectivity index (χ3n) is 10.2. The van der Waals surface area contributed by atoms with Crippen molar-refractivity contribution in [3.05, 3.63) is 124 Å². The quantitative estimate of drug-likeness (QED) is 0.0837. The fourth-order valence-corrected chi connectivity index (χ4v) is 7.43. The smallest absolute Gasteiger partial charge is 0.411 e. The zero-order chi connectivity index (χ0) is 35.9. The molecule has 5 aromatic rings. The number of H-pyrrole nitrogens is 1. The van der Waals surface area contributed by atoms with Crippen LogP contribution < -0.4 is 20.9 Å². The third kappa shape index (κ3) is 8.65. The Hall–Kier alpha value is -5.16. The topological polar surface area (TPSA) is 136 Å². The number of aliphatic hydroxyl groups is 1. The van der Waals surface area contributed by atoms with Gasteiger partial charge in [0.25, 0.3) is 0 Å². The molecule has 0 spiro atoms. The molecule has 8 rings (SSSR count). The van der Waals surface area contributed by atoms with Crippen LogP contribution in [-0.2, 0) is 17.6 Å². The van der Waals surface area contributed by atoms with Gasteiger partial charge in [-0.05, 0) is 110 Å². The Labute approximate surface area is 303 Å². The van der Waals surface area contributed by atoms with Gasteiger partial charge in [-0.2, -0.15) is 0 Å². The summed E-state index contributed by atoms with van der Waals surface area (Å²) >= 11 is 0. The number of nitrogens with zero attached hydrogens (tertiary/aromatic N) is 1. The highest BCUT2D eigenvalue weighted by Crippen LogP contribution is 2.33.